The summed E-state index contributed by atoms with van der Waals surface area (Å²) in [6, 6.07) is 9.19. The molecular weight excluding hydrogens is 363 g/mol. The van der Waals surface area contributed by atoms with Crippen LogP contribution in [0.25, 0.3) is 0 Å². The maximum atomic E-state index is 13.5. The summed E-state index contributed by atoms with van der Waals surface area (Å²) in [6.07, 6.45) is 1.87. The number of amides is 2. The van der Waals surface area contributed by atoms with Crippen molar-refractivity contribution in [1.82, 2.24) is 0 Å². The van der Waals surface area contributed by atoms with Gasteiger partial charge in [0.2, 0.25) is 11.8 Å². The lowest BCUT2D eigenvalue weighted by atomic mass is 9.89. The number of carbonyl (C=O) groups excluding carboxylic acids is 2. The summed E-state index contributed by atoms with van der Waals surface area (Å²) in [5, 5.41) is 5.45. The van der Waals surface area contributed by atoms with Crippen molar-refractivity contribution in [2.24, 2.45) is 0 Å². The van der Waals surface area contributed by atoms with Gasteiger partial charge in [-0.1, -0.05) is 19.4 Å². The number of hydrogen-bond donors (Lipinski definition) is 2. The molecule has 1 heterocycles. The van der Waals surface area contributed by atoms with E-state index in [-0.39, 0.29) is 18.2 Å². The number of carbonyl (C=O) groups is 2. The van der Waals surface area contributed by atoms with Gasteiger partial charge >= 0.3 is 0 Å². The second kappa shape index (κ2) is 8.73. The highest BCUT2D eigenvalue weighted by Crippen LogP contribution is 2.35. The average molecular weight is 386 g/mol. The number of benzene rings is 2. The third-order valence-corrected chi connectivity index (χ3v) is 4.57. The molecule has 2 amide bonds. The summed E-state index contributed by atoms with van der Waals surface area (Å²) < 4.78 is 24.5. The number of anilines is 2. The SMILES string of the molecule is CCCCOc1ccc(OC)cc1NC(=O)C1CC(=O)Nc2cc(F)ccc21. The molecular formula is C21H23FN2O4. The Bertz CT molecular complexity index is 885. The summed E-state index contributed by atoms with van der Waals surface area (Å²) in [7, 11) is 1.54. The van der Waals surface area contributed by atoms with Crippen molar-refractivity contribution in [3.8, 4) is 11.5 Å². The first-order valence-electron chi connectivity index (χ1n) is 9.22. The Kier molecular flexibility index (Phi) is 6.13. The van der Waals surface area contributed by atoms with E-state index >= 15 is 0 Å². The van der Waals surface area contributed by atoms with Gasteiger partial charge in [0, 0.05) is 18.2 Å². The zero-order valence-corrected chi connectivity index (χ0v) is 15.9. The molecule has 7 heteroatoms. The molecule has 28 heavy (non-hydrogen) atoms. The van der Waals surface area contributed by atoms with Gasteiger partial charge in [-0.05, 0) is 36.2 Å². The minimum Gasteiger partial charge on any atom is -0.497 e. The molecule has 2 N–H and O–H groups in total. The molecule has 1 aliphatic rings. The van der Waals surface area contributed by atoms with Gasteiger partial charge in [-0.25, -0.2) is 4.39 Å². The standard InChI is InChI=1S/C21H23FN2O4/c1-3-4-9-28-19-8-6-14(27-2)11-18(19)24-21(26)16-12-20(25)23-17-10-13(22)5-7-15(16)17/h5-8,10-11,16H,3-4,9,12H2,1-2H3,(H,23,25)(H,24,26). The fourth-order valence-corrected chi connectivity index (χ4v) is 3.08. The van der Waals surface area contributed by atoms with E-state index in [1.807, 2.05) is 0 Å². The van der Waals surface area contributed by atoms with Crippen molar-refractivity contribution < 1.29 is 23.5 Å². The summed E-state index contributed by atoms with van der Waals surface area (Å²) in [5.74, 6) is -0.789. The van der Waals surface area contributed by atoms with E-state index < -0.39 is 11.7 Å². The van der Waals surface area contributed by atoms with Gasteiger partial charge in [0.25, 0.3) is 0 Å². The van der Waals surface area contributed by atoms with E-state index in [9.17, 15) is 14.0 Å². The number of methoxy groups -OCH3 is 1. The second-order valence-corrected chi connectivity index (χ2v) is 6.59. The van der Waals surface area contributed by atoms with Gasteiger partial charge in [-0.3, -0.25) is 9.59 Å². The third kappa shape index (κ3) is 4.42. The van der Waals surface area contributed by atoms with Gasteiger partial charge in [-0.15, -0.1) is 0 Å². The van der Waals surface area contributed by atoms with Gasteiger partial charge < -0.3 is 20.1 Å². The lowest BCUT2D eigenvalue weighted by Crippen LogP contribution is -2.31. The summed E-state index contributed by atoms with van der Waals surface area (Å²) in [6.45, 7) is 2.59. The molecule has 0 aromatic heterocycles. The van der Waals surface area contributed by atoms with Crippen molar-refractivity contribution in [3.63, 3.8) is 0 Å². The molecule has 0 saturated heterocycles. The van der Waals surface area contributed by atoms with E-state index in [4.69, 9.17) is 9.47 Å². The molecule has 3 rings (SSSR count). The van der Waals surface area contributed by atoms with Crippen LogP contribution in [0, 0.1) is 5.82 Å². The van der Waals surface area contributed by atoms with Crippen LogP contribution < -0.4 is 20.1 Å². The van der Waals surface area contributed by atoms with E-state index in [1.165, 1.54) is 25.3 Å². The molecule has 0 aliphatic carbocycles. The summed E-state index contributed by atoms with van der Waals surface area (Å²) >= 11 is 0. The van der Waals surface area contributed by atoms with E-state index in [0.29, 0.717) is 35.0 Å². The van der Waals surface area contributed by atoms with E-state index in [2.05, 4.69) is 17.6 Å². The Hall–Kier alpha value is -3.09. The Balaban J connectivity index is 1.85. The van der Waals surface area contributed by atoms with Crippen LogP contribution in [-0.2, 0) is 9.59 Å². The fraction of sp³-hybridized carbons (Fsp3) is 0.333. The van der Waals surface area contributed by atoms with Crippen LogP contribution in [0.15, 0.2) is 36.4 Å². The molecule has 0 spiro atoms. The molecule has 1 atom stereocenters. The fourth-order valence-electron chi connectivity index (χ4n) is 3.08. The zero-order chi connectivity index (χ0) is 20.1. The molecule has 1 unspecified atom stereocenters. The molecule has 6 nitrogen and oxygen atoms in total. The first-order chi connectivity index (χ1) is 13.5. The maximum absolute atomic E-state index is 13.5. The van der Waals surface area contributed by atoms with Crippen LogP contribution in [0.4, 0.5) is 15.8 Å². The summed E-state index contributed by atoms with van der Waals surface area (Å²) in [4.78, 5) is 24.9. The van der Waals surface area contributed by atoms with Crippen LogP contribution in [0.3, 0.4) is 0 Å². The Morgan fingerprint density at radius 3 is 2.86 bits per heavy atom. The number of nitrogens with one attached hydrogen (secondary N) is 2. The van der Waals surface area contributed by atoms with Crippen LogP contribution in [-0.4, -0.2) is 25.5 Å². The van der Waals surface area contributed by atoms with Crippen LogP contribution in [0.1, 0.15) is 37.7 Å². The summed E-state index contributed by atoms with van der Waals surface area (Å²) in [5.41, 5.74) is 1.37. The highest BCUT2D eigenvalue weighted by Gasteiger charge is 2.31. The Labute approximate surface area is 163 Å². The number of rotatable bonds is 7. The van der Waals surface area contributed by atoms with Crippen LogP contribution in [0.5, 0.6) is 11.5 Å². The first-order valence-corrected chi connectivity index (χ1v) is 9.22. The van der Waals surface area contributed by atoms with Crippen LogP contribution >= 0.6 is 0 Å². The Morgan fingerprint density at radius 1 is 1.29 bits per heavy atom. The van der Waals surface area contributed by atoms with Crippen molar-refractivity contribution in [2.75, 3.05) is 24.4 Å². The highest BCUT2D eigenvalue weighted by atomic mass is 19.1. The Morgan fingerprint density at radius 2 is 2.11 bits per heavy atom. The van der Waals surface area contributed by atoms with Crippen molar-refractivity contribution >= 4 is 23.2 Å². The molecule has 0 bridgehead atoms. The predicted molar refractivity (Wildman–Crippen MR) is 104 cm³/mol. The van der Waals surface area contributed by atoms with Gasteiger partial charge in [0.05, 0.1) is 25.3 Å². The number of hydrogen-bond acceptors (Lipinski definition) is 4. The minimum atomic E-state index is -0.723. The number of halogens is 1. The maximum Gasteiger partial charge on any atom is 0.232 e. The number of ether oxygens (including phenoxy) is 2. The van der Waals surface area contributed by atoms with Gasteiger partial charge in [0.1, 0.15) is 17.3 Å². The molecule has 0 fully saturated rings. The second-order valence-electron chi connectivity index (χ2n) is 6.59. The highest BCUT2D eigenvalue weighted by molar-refractivity contribution is 6.05. The van der Waals surface area contributed by atoms with Gasteiger partial charge in [0.15, 0.2) is 0 Å². The predicted octanol–water partition coefficient (Wildman–Crippen LogP) is 4.08. The van der Waals surface area contributed by atoms with Crippen molar-refractivity contribution in [3.05, 3.63) is 47.8 Å². The molecule has 1 aliphatic heterocycles. The van der Waals surface area contributed by atoms with E-state index in [0.717, 1.165) is 12.8 Å². The molecule has 0 radical (unpaired) electrons. The minimum absolute atomic E-state index is 0.0134. The average Bonchev–Trinajstić information content (AvgIpc) is 2.68. The monoisotopic (exact) mass is 386 g/mol. The topological polar surface area (TPSA) is 76.7 Å². The smallest absolute Gasteiger partial charge is 0.232 e. The first kappa shape index (κ1) is 19.7. The van der Waals surface area contributed by atoms with Crippen LogP contribution in [0.2, 0.25) is 0 Å². The molecule has 2 aromatic rings. The molecule has 2 aromatic carbocycles. The number of unbranched alkanes of at least 4 members (excludes halogenated alkanes) is 1. The lowest BCUT2D eigenvalue weighted by Gasteiger charge is -2.25. The molecule has 0 saturated carbocycles. The van der Waals surface area contributed by atoms with Gasteiger partial charge in [-0.2, -0.15) is 0 Å². The number of fused-ring (bicyclic) bond motifs is 1. The lowest BCUT2D eigenvalue weighted by molar-refractivity contribution is -0.123. The van der Waals surface area contributed by atoms with Crippen molar-refractivity contribution in [1.29, 1.82) is 0 Å². The molecule has 148 valence electrons. The largest absolute Gasteiger partial charge is 0.497 e. The quantitative estimate of drug-likeness (QED) is 0.703. The van der Waals surface area contributed by atoms with E-state index in [1.54, 1.807) is 18.2 Å². The van der Waals surface area contributed by atoms with Crippen molar-refractivity contribution in [2.45, 2.75) is 32.1 Å². The third-order valence-electron chi connectivity index (χ3n) is 4.57. The normalized spacial score (nSPS) is 15.4. The zero-order valence-electron chi connectivity index (χ0n) is 15.9.